The molecule has 2 N–H and O–H groups in total. The molecule has 0 bridgehead atoms. The van der Waals surface area contributed by atoms with E-state index < -0.39 is 0 Å². The van der Waals surface area contributed by atoms with Gasteiger partial charge in [0.15, 0.2) is 0 Å². The van der Waals surface area contributed by atoms with Crippen LogP contribution >= 0.6 is 0 Å². The number of rotatable bonds is 2. The molecule has 2 rings (SSSR count). The van der Waals surface area contributed by atoms with E-state index in [0.29, 0.717) is 12.5 Å². The van der Waals surface area contributed by atoms with Crippen LogP contribution in [0.15, 0.2) is 18.2 Å². The first-order valence-corrected chi connectivity index (χ1v) is 7.13. The molecule has 3 heteroatoms. The van der Waals surface area contributed by atoms with Gasteiger partial charge in [0.05, 0.1) is 0 Å². The monoisotopic (exact) mass is 260 g/mol. The van der Waals surface area contributed by atoms with Crippen LogP contribution in [-0.4, -0.2) is 29.9 Å². The van der Waals surface area contributed by atoms with Gasteiger partial charge >= 0.3 is 0 Å². The summed E-state index contributed by atoms with van der Waals surface area (Å²) in [6.45, 7) is 7.69. The molecule has 2 unspecified atom stereocenters. The highest BCUT2D eigenvalue weighted by atomic mass is 16.2. The molecular formula is C16H24N2O. The van der Waals surface area contributed by atoms with Crippen LogP contribution in [0.1, 0.15) is 41.3 Å². The van der Waals surface area contributed by atoms with Crippen molar-refractivity contribution in [1.29, 1.82) is 0 Å². The third kappa shape index (κ3) is 2.81. The minimum absolute atomic E-state index is 0.130. The van der Waals surface area contributed by atoms with Gasteiger partial charge in [-0.3, -0.25) is 4.79 Å². The van der Waals surface area contributed by atoms with Crippen LogP contribution in [0.5, 0.6) is 0 Å². The molecule has 1 aliphatic heterocycles. The number of nitrogens with two attached hydrogens (primary N) is 1. The lowest BCUT2D eigenvalue weighted by atomic mass is 9.90. The molecule has 1 fully saturated rings. The summed E-state index contributed by atoms with van der Waals surface area (Å²) in [7, 11) is 0. The lowest BCUT2D eigenvalue weighted by Crippen LogP contribution is -2.51. The van der Waals surface area contributed by atoms with E-state index in [2.05, 4.69) is 13.8 Å². The summed E-state index contributed by atoms with van der Waals surface area (Å²) in [6.07, 6.45) is 2.24. The molecule has 0 saturated carbocycles. The highest BCUT2D eigenvalue weighted by Crippen LogP contribution is 2.24. The minimum atomic E-state index is 0.130. The number of carbonyl (C=O) groups is 1. The van der Waals surface area contributed by atoms with E-state index in [4.69, 9.17) is 5.73 Å². The first kappa shape index (κ1) is 14.1. The van der Waals surface area contributed by atoms with Gasteiger partial charge in [0.2, 0.25) is 0 Å². The first-order valence-electron chi connectivity index (χ1n) is 7.13. The quantitative estimate of drug-likeness (QED) is 0.888. The zero-order valence-electron chi connectivity index (χ0n) is 12.1. The second kappa shape index (κ2) is 5.74. The molecule has 1 heterocycles. The van der Waals surface area contributed by atoms with E-state index >= 15 is 0 Å². The minimum Gasteiger partial charge on any atom is -0.334 e. The van der Waals surface area contributed by atoms with Gasteiger partial charge in [-0.1, -0.05) is 13.0 Å². The number of piperidine rings is 1. The molecule has 0 aromatic heterocycles. The molecule has 0 spiro atoms. The number of hydrogen-bond acceptors (Lipinski definition) is 2. The number of carbonyl (C=O) groups excluding carboxylic acids is 1. The van der Waals surface area contributed by atoms with E-state index in [9.17, 15) is 4.79 Å². The molecule has 19 heavy (non-hydrogen) atoms. The zero-order chi connectivity index (χ0) is 14.0. The summed E-state index contributed by atoms with van der Waals surface area (Å²) in [4.78, 5) is 14.6. The van der Waals surface area contributed by atoms with Gasteiger partial charge in [0.1, 0.15) is 0 Å². The molecule has 3 nitrogen and oxygen atoms in total. The normalized spacial score (nSPS) is 23.5. The lowest BCUT2D eigenvalue weighted by molar-refractivity contribution is 0.0532. The summed E-state index contributed by atoms with van der Waals surface area (Å²) in [6, 6.07) is 6.12. The van der Waals surface area contributed by atoms with Crippen LogP contribution in [0.3, 0.4) is 0 Å². The van der Waals surface area contributed by atoms with Crippen molar-refractivity contribution in [2.45, 2.75) is 39.7 Å². The third-order valence-electron chi connectivity index (χ3n) is 4.37. The maximum absolute atomic E-state index is 12.6. The van der Waals surface area contributed by atoms with Crippen molar-refractivity contribution in [3.63, 3.8) is 0 Å². The standard InChI is InChI=1S/C16H24N2O/c1-11-6-7-14(9-13(11)3)16(19)18-8-4-5-12(2)15(18)10-17/h6-7,9,12,15H,4-5,8,10,17H2,1-3H3. The fraction of sp³-hybridized carbons (Fsp3) is 0.562. The van der Waals surface area contributed by atoms with Crippen LogP contribution in [0.25, 0.3) is 0 Å². The second-order valence-electron chi connectivity index (χ2n) is 5.72. The molecule has 1 amide bonds. The van der Waals surface area contributed by atoms with Crippen molar-refractivity contribution in [3.05, 3.63) is 34.9 Å². The van der Waals surface area contributed by atoms with Crippen LogP contribution in [0.2, 0.25) is 0 Å². The Kier molecular flexibility index (Phi) is 4.25. The van der Waals surface area contributed by atoms with Gasteiger partial charge in [0, 0.05) is 24.7 Å². The lowest BCUT2D eigenvalue weighted by Gasteiger charge is -2.39. The van der Waals surface area contributed by atoms with Gasteiger partial charge in [-0.15, -0.1) is 0 Å². The van der Waals surface area contributed by atoms with E-state index in [0.717, 1.165) is 18.5 Å². The van der Waals surface area contributed by atoms with Crippen molar-refractivity contribution in [2.75, 3.05) is 13.1 Å². The van der Waals surface area contributed by atoms with Crippen molar-refractivity contribution in [2.24, 2.45) is 11.7 Å². The van der Waals surface area contributed by atoms with Gasteiger partial charge < -0.3 is 10.6 Å². The fourth-order valence-electron chi connectivity index (χ4n) is 2.90. The van der Waals surface area contributed by atoms with Gasteiger partial charge in [-0.25, -0.2) is 0 Å². The number of amides is 1. The molecule has 1 aromatic carbocycles. The van der Waals surface area contributed by atoms with Gasteiger partial charge in [-0.05, 0) is 55.9 Å². The van der Waals surface area contributed by atoms with Crippen molar-refractivity contribution in [3.8, 4) is 0 Å². The van der Waals surface area contributed by atoms with Crippen LogP contribution in [0.4, 0.5) is 0 Å². The van der Waals surface area contributed by atoms with Crippen molar-refractivity contribution in [1.82, 2.24) is 4.90 Å². The number of hydrogen-bond donors (Lipinski definition) is 1. The Morgan fingerprint density at radius 1 is 1.37 bits per heavy atom. The number of likely N-dealkylation sites (tertiary alicyclic amines) is 1. The zero-order valence-corrected chi connectivity index (χ0v) is 12.1. The van der Waals surface area contributed by atoms with Crippen molar-refractivity contribution >= 4 is 5.91 Å². The Morgan fingerprint density at radius 3 is 2.74 bits per heavy atom. The Morgan fingerprint density at radius 2 is 2.11 bits per heavy atom. The molecule has 1 aliphatic rings. The molecule has 0 radical (unpaired) electrons. The van der Waals surface area contributed by atoms with Crippen LogP contribution in [-0.2, 0) is 0 Å². The van der Waals surface area contributed by atoms with Gasteiger partial charge in [-0.2, -0.15) is 0 Å². The average Bonchev–Trinajstić information content (AvgIpc) is 2.40. The Hall–Kier alpha value is -1.35. The topological polar surface area (TPSA) is 46.3 Å². The summed E-state index contributed by atoms with van der Waals surface area (Å²) in [5.74, 6) is 0.624. The maximum atomic E-state index is 12.6. The third-order valence-corrected chi connectivity index (χ3v) is 4.37. The molecule has 0 aliphatic carbocycles. The molecule has 104 valence electrons. The molecular weight excluding hydrogens is 236 g/mol. The molecule has 1 aromatic rings. The van der Waals surface area contributed by atoms with E-state index in [1.807, 2.05) is 30.0 Å². The number of nitrogens with zero attached hydrogens (tertiary/aromatic N) is 1. The molecule has 1 saturated heterocycles. The summed E-state index contributed by atoms with van der Waals surface area (Å²) >= 11 is 0. The SMILES string of the molecule is Cc1ccc(C(=O)N2CCCC(C)C2CN)cc1C. The highest BCUT2D eigenvalue weighted by Gasteiger charge is 2.31. The van der Waals surface area contributed by atoms with Gasteiger partial charge in [0.25, 0.3) is 5.91 Å². The van der Waals surface area contributed by atoms with E-state index in [1.165, 1.54) is 17.5 Å². The van der Waals surface area contributed by atoms with E-state index in [1.54, 1.807) is 0 Å². The Bertz CT molecular complexity index is 470. The highest BCUT2D eigenvalue weighted by molar-refractivity contribution is 5.94. The number of benzene rings is 1. The molecule has 2 atom stereocenters. The van der Waals surface area contributed by atoms with Crippen LogP contribution < -0.4 is 5.73 Å². The Balaban J connectivity index is 2.24. The smallest absolute Gasteiger partial charge is 0.254 e. The second-order valence-corrected chi connectivity index (χ2v) is 5.72. The summed E-state index contributed by atoms with van der Waals surface area (Å²) in [5, 5.41) is 0. The van der Waals surface area contributed by atoms with Crippen molar-refractivity contribution < 1.29 is 4.79 Å². The average molecular weight is 260 g/mol. The first-order chi connectivity index (χ1) is 9.04. The van der Waals surface area contributed by atoms with Crippen LogP contribution in [0, 0.1) is 19.8 Å². The summed E-state index contributed by atoms with van der Waals surface area (Å²) in [5.41, 5.74) is 9.04. The predicted molar refractivity (Wildman–Crippen MR) is 78.2 cm³/mol. The maximum Gasteiger partial charge on any atom is 0.254 e. The van der Waals surface area contributed by atoms with E-state index in [-0.39, 0.29) is 11.9 Å². The predicted octanol–water partition coefficient (Wildman–Crippen LogP) is 2.50. The fourth-order valence-corrected chi connectivity index (χ4v) is 2.90. The number of aryl methyl sites for hydroxylation is 2. The largest absolute Gasteiger partial charge is 0.334 e. The Labute approximate surface area is 115 Å². The summed E-state index contributed by atoms with van der Waals surface area (Å²) < 4.78 is 0.